The number of furan rings is 1. The summed E-state index contributed by atoms with van der Waals surface area (Å²) in [5.74, 6) is -1.14. The number of benzene rings is 1. The molecule has 0 radical (unpaired) electrons. The fourth-order valence-corrected chi connectivity index (χ4v) is 3.69. The number of rotatable bonds is 4. The maximum atomic E-state index is 12.4. The first-order chi connectivity index (χ1) is 11.8. The second-order valence-corrected chi connectivity index (χ2v) is 7.62. The Labute approximate surface area is 194 Å². The molecule has 0 atom stereocenters. The molecular formula is C17H17KN2O5S. The summed E-state index contributed by atoms with van der Waals surface area (Å²) in [6, 6.07) is 6.41. The predicted molar refractivity (Wildman–Crippen MR) is 88.8 cm³/mol. The van der Waals surface area contributed by atoms with E-state index in [0.717, 1.165) is 5.56 Å². The van der Waals surface area contributed by atoms with Gasteiger partial charge < -0.3 is 14.3 Å². The van der Waals surface area contributed by atoms with Gasteiger partial charge >= 0.3 is 51.4 Å². The Morgan fingerprint density at radius 2 is 1.85 bits per heavy atom. The van der Waals surface area contributed by atoms with Crippen LogP contribution in [0.1, 0.15) is 45.8 Å². The van der Waals surface area contributed by atoms with E-state index in [-0.39, 0.29) is 62.0 Å². The Morgan fingerprint density at radius 1 is 1.19 bits per heavy atom. The largest absolute Gasteiger partial charge is 1.00 e. The van der Waals surface area contributed by atoms with Crippen LogP contribution in [0.5, 0.6) is 0 Å². The van der Waals surface area contributed by atoms with Crippen LogP contribution < -0.4 is 61.3 Å². The molecule has 0 unspecified atom stereocenters. The summed E-state index contributed by atoms with van der Waals surface area (Å²) < 4.78 is 30.0. The average molecular weight is 400 g/mol. The van der Waals surface area contributed by atoms with E-state index in [0.29, 0.717) is 41.9 Å². The van der Waals surface area contributed by atoms with E-state index < -0.39 is 16.0 Å². The van der Waals surface area contributed by atoms with Crippen molar-refractivity contribution in [2.75, 3.05) is 0 Å². The Hall–Kier alpha value is -0.974. The van der Waals surface area contributed by atoms with Gasteiger partial charge in [0.05, 0.1) is 10.6 Å². The van der Waals surface area contributed by atoms with Gasteiger partial charge in [-0.25, -0.2) is 0 Å². The van der Waals surface area contributed by atoms with E-state index in [2.05, 4.69) is 9.93 Å². The third-order valence-corrected chi connectivity index (χ3v) is 5.37. The summed E-state index contributed by atoms with van der Waals surface area (Å²) >= 11 is 0. The van der Waals surface area contributed by atoms with Gasteiger partial charge in [-0.1, -0.05) is 17.7 Å². The number of aromatic carboxylic acids is 1. The molecule has 132 valence electrons. The number of carbonyl (C=O) groups excluding carboxylic acids is 1. The smallest absolute Gasteiger partial charge is 0.542 e. The van der Waals surface area contributed by atoms with Crippen molar-refractivity contribution in [1.82, 2.24) is 4.83 Å². The summed E-state index contributed by atoms with van der Waals surface area (Å²) in [6.07, 6.45) is 1.79. The summed E-state index contributed by atoms with van der Waals surface area (Å²) in [7, 11) is -3.80. The zero-order chi connectivity index (χ0) is 18.2. The number of hydrazone groups is 1. The summed E-state index contributed by atoms with van der Waals surface area (Å²) in [4.78, 5) is 13.5. The number of carbonyl (C=O) groups is 1. The molecule has 2 aromatic rings. The predicted octanol–water partition coefficient (Wildman–Crippen LogP) is -1.72. The molecule has 1 aromatic carbocycles. The number of aryl methyl sites for hydroxylation is 2. The second-order valence-electron chi connectivity index (χ2n) is 5.96. The number of sulfonamides is 1. The van der Waals surface area contributed by atoms with Crippen molar-refractivity contribution in [3.05, 3.63) is 52.5 Å². The van der Waals surface area contributed by atoms with Gasteiger partial charge in [0.1, 0.15) is 11.7 Å². The van der Waals surface area contributed by atoms with Crippen LogP contribution in [0.3, 0.4) is 0 Å². The zero-order valence-electron chi connectivity index (χ0n) is 14.8. The topological polar surface area (TPSA) is 112 Å². The van der Waals surface area contributed by atoms with Crippen LogP contribution in [0.25, 0.3) is 0 Å². The van der Waals surface area contributed by atoms with Crippen LogP contribution in [0.2, 0.25) is 0 Å². The van der Waals surface area contributed by atoms with Gasteiger partial charge in [0.2, 0.25) is 0 Å². The third kappa shape index (κ3) is 4.29. The fraction of sp³-hybridized carbons (Fsp3) is 0.294. The molecule has 9 heteroatoms. The number of hydrogen-bond acceptors (Lipinski definition) is 6. The average Bonchev–Trinajstić information content (AvgIpc) is 2.91. The molecule has 1 N–H and O–H groups in total. The minimum absolute atomic E-state index is 0. The third-order valence-electron chi connectivity index (χ3n) is 4.14. The van der Waals surface area contributed by atoms with E-state index in [1.165, 1.54) is 12.1 Å². The van der Waals surface area contributed by atoms with Crippen LogP contribution in [0, 0.1) is 13.8 Å². The molecule has 0 spiro atoms. The van der Waals surface area contributed by atoms with Gasteiger partial charge in [-0.15, -0.1) is 0 Å². The molecule has 1 heterocycles. The Kier molecular flexibility index (Phi) is 6.86. The van der Waals surface area contributed by atoms with E-state index in [9.17, 15) is 18.3 Å². The van der Waals surface area contributed by atoms with Crippen molar-refractivity contribution in [3.63, 3.8) is 0 Å². The Balaban J connectivity index is 0.00000243. The van der Waals surface area contributed by atoms with E-state index in [1.807, 2.05) is 6.92 Å². The van der Waals surface area contributed by atoms with E-state index >= 15 is 0 Å². The molecule has 0 saturated carbocycles. The van der Waals surface area contributed by atoms with E-state index in [4.69, 9.17) is 4.42 Å². The van der Waals surface area contributed by atoms with Crippen LogP contribution in [-0.2, 0) is 16.4 Å². The molecule has 3 rings (SSSR count). The van der Waals surface area contributed by atoms with Gasteiger partial charge in [0, 0.05) is 17.5 Å². The van der Waals surface area contributed by atoms with Crippen LogP contribution >= 0.6 is 0 Å². The Morgan fingerprint density at radius 3 is 2.46 bits per heavy atom. The summed E-state index contributed by atoms with van der Waals surface area (Å²) in [5, 5.41) is 15.2. The van der Waals surface area contributed by atoms with Crippen molar-refractivity contribution < 1.29 is 74.1 Å². The summed E-state index contributed by atoms with van der Waals surface area (Å²) in [6.45, 7) is 3.47. The fourth-order valence-electron chi connectivity index (χ4n) is 2.86. The van der Waals surface area contributed by atoms with Crippen molar-refractivity contribution in [1.29, 1.82) is 0 Å². The molecule has 0 bridgehead atoms. The zero-order valence-corrected chi connectivity index (χ0v) is 18.8. The van der Waals surface area contributed by atoms with Gasteiger partial charge in [-0.2, -0.15) is 18.4 Å². The molecule has 0 fully saturated rings. The van der Waals surface area contributed by atoms with Crippen molar-refractivity contribution in [3.8, 4) is 0 Å². The van der Waals surface area contributed by atoms with E-state index in [1.54, 1.807) is 19.1 Å². The molecule has 0 saturated heterocycles. The molecule has 0 aliphatic heterocycles. The number of carboxylic acid groups (broad SMARTS) is 1. The second kappa shape index (κ2) is 8.36. The number of fused-ring (bicyclic) bond motifs is 1. The van der Waals surface area contributed by atoms with Crippen LogP contribution in [0.15, 0.2) is 38.7 Å². The molecule has 1 aliphatic carbocycles. The molecule has 26 heavy (non-hydrogen) atoms. The number of hydrogen-bond donors (Lipinski definition) is 1. The van der Waals surface area contributed by atoms with Gasteiger partial charge in [0.15, 0.2) is 5.76 Å². The molecule has 1 aromatic heterocycles. The summed E-state index contributed by atoms with van der Waals surface area (Å²) in [5.41, 5.74) is 2.37. The monoisotopic (exact) mass is 400 g/mol. The van der Waals surface area contributed by atoms with Crippen molar-refractivity contribution in [2.45, 2.75) is 38.0 Å². The minimum atomic E-state index is -3.80. The number of carboxylic acids is 1. The van der Waals surface area contributed by atoms with Gasteiger partial charge in [-0.3, -0.25) is 0 Å². The Bertz CT molecular complexity index is 962. The first-order valence-electron chi connectivity index (χ1n) is 7.78. The number of nitrogens with zero attached hydrogens (tertiary/aromatic N) is 1. The maximum Gasteiger partial charge on any atom is 1.00 e. The van der Waals surface area contributed by atoms with Gasteiger partial charge in [-0.05, 0) is 38.8 Å². The molecule has 1 aliphatic rings. The van der Waals surface area contributed by atoms with Crippen molar-refractivity contribution >= 4 is 21.7 Å². The molecular weight excluding hydrogens is 383 g/mol. The quantitative estimate of drug-likeness (QED) is 0.485. The maximum absolute atomic E-state index is 12.4. The van der Waals surface area contributed by atoms with Crippen LogP contribution in [-0.4, -0.2) is 20.1 Å². The SMILES string of the molecule is Cc1ccc(S(=O)(=O)N/N=C2\CCCc3oc(C(=O)[O-])c(C)c32)cc1.[K+]. The number of nitrogens with one attached hydrogen (secondary N) is 1. The minimum Gasteiger partial charge on any atom is -0.542 e. The van der Waals surface area contributed by atoms with Crippen LogP contribution in [0.4, 0.5) is 0 Å². The molecule has 7 nitrogen and oxygen atoms in total. The molecule has 0 amide bonds. The standard InChI is InChI=1S/C17H18N2O5S.K/c1-10-6-8-12(9-7-10)25(22,23)19-18-13-4-3-5-14-15(13)11(2)16(24-14)17(20)21;/h6-9,19H,3-5H2,1-2H3,(H,20,21);/q;+1/p-1/b18-13+;. The first kappa shape index (κ1) is 21.3. The van der Waals surface area contributed by atoms with Gasteiger partial charge in [0.25, 0.3) is 10.0 Å². The normalized spacial score (nSPS) is 15.2. The first-order valence-corrected chi connectivity index (χ1v) is 9.27. The van der Waals surface area contributed by atoms with Crippen molar-refractivity contribution in [2.24, 2.45) is 5.10 Å².